The van der Waals surface area contributed by atoms with Crippen molar-refractivity contribution in [1.29, 1.82) is 0 Å². The molecule has 3 aromatic carbocycles. The molecule has 0 saturated heterocycles. The number of nitrogens with zero attached hydrogens (tertiary/aromatic N) is 3. The van der Waals surface area contributed by atoms with E-state index in [4.69, 9.17) is 15.0 Å². The van der Waals surface area contributed by atoms with Crippen LogP contribution in [0.3, 0.4) is 0 Å². The van der Waals surface area contributed by atoms with Crippen molar-refractivity contribution in [3.05, 3.63) is 112 Å². The fourth-order valence-electron chi connectivity index (χ4n) is 3.93. The number of benzene rings is 3. The van der Waals surface area contributed by atoms with E-state index in [0.717, 1.165) is 10.9 Å². The second-order valence-corrected chi connectivity index (χ2v) is 10.5. The van der Waals surface area contributed by atoms with Crippen LogP contribution >= 0.6 is 0 Å². The second kappa shape index (κ2) is 11.7. The summed E-state index contributed by atoms with van der Waals surface area (Å²) in [5.74, 6) is -1.37. The molecule has 0 radical (unpaired) electrons. The van der Waals surface area contributed by atoms with Crippen molar-refractivity contribution in [3.8, 4) is 17.2 Å². The van der Waals surface area contributed by atoms with Crippen molar-refractivity contribution in [1.82, 2.24) is 14.3 Å². The number of Topliss-reactive ketones (excluding diaryl/α,β-unsaturated/α-hetero) is 1. The summed E-state index contributed by atoms with van der Waals surface area (Å²) in [5, 5.41) is 4.95. The van der Waals surface area contributed by atoms with E-state index in [0.29, 0.717) is 23.2 Å². The number of halogens is 2. The summed E-state index contributed by atoms with van der Waals surface area (Å²) < 4.78 is 62.6. The number of nitrogens with two attached hydrogens (primary N) is 1. The lowest BCUT2D eigenvalue weighted by molar-refractivity contribution is 0.0991. The van der Waals surface area contributed by atoms with Crippen LogP contribution in [0.25, 0.3) is 16.6 Å². The number of pyridine rings is 1. The van der Waals surface area contributed by atoms with Crippen molar-refractivity contribution in [2.24, 2.45) is 7.05 Å². The van der Waals surface area contributed by atoms with Gasteiger partial charge in [0, 0.05) is 30.7 Å². The van der Waals surface area contributed by atoms with Crippen molar-refractivity contribution >= 4 is 32.5 Å². The number of anilines is 1. The predicted molar refractivity (Wildman–Crippen MR) is 149 cm³/mol. The Hall–Kier alpha value is -4.88. The van der Waals surface area contributed by atoms with Gasteiger partial charge in [-0.1, -0.05) is 6.07 Å². The van der Waals surface area contributed by atoms with Gasteiger partial charge in [-0.3, -0.25) is 23.4 Å². The summed E-state index contributed by atoms with van der Waals surface area (Å²) in [5.41, 5.74) is 7.40. The minimum absolute atomic E-state index is 0.0555. The molecule has 0 bridgehead atoms. The van der Waals surface area contributed by atoms with Gasteiger partial charge in [0.2, 0.25) is 0 Å². The molecule has 2 heterocycles. The average molecular weight is 583 g/mol. The molecule has 13 heteroatoms. The monoisotopic (exact) mass is 582 g/mol. The fourth-order valence-corrected chi connectivity index (χ4v) is 3.93. The lowest BCUT2D eigenvalue weighted by atomic mass is 10.0. The van der Waals surface area contributed by atoms with Gasteiger partial charge in [0.05, 0.1) is 29.2 Å². The number of ether oxygens (including phenoxy) is 1. The number of hydrogen-bond donors (Lipinski definition) is 2. The van der Waals surface area contributed by atoms with Crippen LogP contribution in [0.5, 0.6) is 11.5 Å². The van der Waals surface area contributed by atoms with Crippen LogP contribution in [-0.2, 0) is 23.6 Å². The topological polar surface area (TPSA) is 147 Å². The molecule has 0 saturated carbocycles. The number of carbonyl (C=O) groups is 1. The SMILES string of the molecule is CS(=O)(=O)O.Cn1ncc2cc(Oc3ccc(CC(=O)c4cccn(-c5ccc(F)cc5)c4=O)cc3F)c(N)cc21. The zero-order valence-corrected chi connectivity index (χ0v) is 22.6. The molecular formula is C28H24F2N4O6S. The number of aromatic nitrogens is 3. The molecule has 0 aliphatic carbocycles. The molecule has 0 spiro atoms. The lowest BCUT2D eigenvalue weighted by Gasteiger charge is -2.11. The number of hydrogen-bond acceptors (Lipinski definition) is 7. The molecule has 0 atom stereocenters. The fraction of sp³-hybridized carbons (Fsp3) is 0.107. The van der Waals surface area contributed by atoms with E-state index >= 15 is 0 Å². The van der Waals surface area contributed by atoms with Crippen LogP contribution in [0.2, 0.25) is 0 Å². The van der Waals surface area contributed by atoms with Gasteiger partial charge in [0.15, 0.2) is 23.1 Å². The maximum Gasteiger partial charge on any atom is 0.265 e. The van der Waals surface area contributed by atoms with Crippen LogP contribution in [-0.4, -0.2) is 39.4 Å². The number of fused-ring (bicyclic) bond motifs is 1. The zero-order valence-electron chi connectivity index (χ0n) is 21.8. The number of aryl methyl sites for hydroxylation is 1. The molecule has 10 nitrogen and oxygen atoms in total. The molecule has 212 valence electrons. The molecule has 41 heavy (non-hydrogen) atoms. The predicted octanol–water partition coefficient (Wildman–Crippen LogP) is 4.31. The highest BCUT2D eigenvalue weighted by Gasteiger charge is 2.16. The summed E-state index contributed by atoms with van der Waals surface area (Å²) in [6.07, 6.45) is 3.67. The van der Waals surface area contributed by atoms with Crippen LogP contribution in [0.15, 0.2) is 83.9 Å². The number of nitrogen functional groups attached to an aromatic ring is 1. The van der Waals surface area contributed by atoms with Gasteiger partial charge in [-0.05, 0) is 66.2 Å². The molecule has 0 aliphatic rings. The summed E-state index contributed by atoms with van der Waals surface area (Å²) >= 11 is 0. The quantitative estimate of drug-likeness (QED) is 0.171. The Morgan fingerprint density at radius 3 is 2.39 bits per heavy atom. The van der Waals surface area contributed by atoms with E-state index in [-0.39, 0.29) is 23.5 Å². The number of rotatable bonds is 6. The molecule has 5 rings (SSSR count). The molecule has 3 N–H and O–H groups in total. The van der Waals surface area contributed by atoms with Crippen molar-refractivity contribution in [3.63, 3.8) is 0 Å². The normalized spacial score (nSPS) is 11.1. The van der Waals surface area contributed by atoms with Crippen molar-refractivity contribution in [2.75, 3.05) is 12.0 Å². The lowest BCUT2D eigenvalue weighted by Crippen LogP contribution is -2.25. The first-order valence-corrected chi connectivity index (χ1v) is 13.8. The van der Waals surface area contributed by atoms with Crippen molar-refractivity contribution in [2.45, 2.75) is 6.42 Å². The van der Waals surface area contributed by atoms with E-state index in [9.17, 15) is 26.8 Å². The summed E-state index contributed by atoms with van der Waals surface area (Å²) in [6, 6.07) is 15.8. The van der Waals surface area contributed by atoms with Crippen LogP contribution < -0.4 is 16.0 Å². The Kier molecular flexibility index (Phi) is 8.31. The van der Waals surface area contributed by atoms with Gasteiger partial charge in [-0.15, -0.1) is 0 Å². The van der Waals surface area contributed by atoms with Gasteiger partial charge in [-0.2, -0.15) is 13.5 Å². The van der Waals surface area contributed by atoms with Gasteiger partial charge in [0.1, 0.15) is 5.82 Å². The first kappa shape index (κ1) is 29.1. The highest BCUT2D eigenvalue weighted by Crippen LogP contribution is 2.33. The number of carbonyl (C=O) groups excluding carboxylic acids is 1. The molecule has 0 unspecified atom stereocenters. The smallest absolute Gasteiger partial charge is 0.265 e. The van der Waals surface area contributed by atoms with E-state index in [2.05, 4.69) is 5.10 Å². The van der Waals surface area contributed by atoms with Gasteiger partial charge >= 0.3 is 0 Å². The van der Waals surface area contributed by atoms with Gasteiger partial charge in [-0.25, -0.2) is 8.78 Å². The van der Waals surface area contributed by atoms with Crippen LogP contribution in [0.4, 0.5) is 14.5 Å². The Labute approximate surface area is 233 Å². The van der Waals surface area contributed by atoms with Gasteiger partial charge < -0.3 is 10.5 Å². The Balaban J connectivity index is 0.000000714. The molecule has 0 aliphatic heterocycles. The molecule has 2 aromatic heterocycles. The Morgan fingerprint density at radius 2 is 1.73 bits per heavy atom. The Bertz CT molecular complexity index is 1910. The largest absolute Gasteiger partial charge is 0.452 e. The first-order chi connectivity index (χ1) is 19.3. The van der Waals surface area contributed by atoms with Crippen LogP contribution in [0.1, 0.15) is 15.9 Å². The molecule has 0 amide bonds. The van der Waals surface area contributed by atoms with E-state index in [1.165, 1.54) is 53.2 Å². The standard InChI is InChI=1S/C27H20F2N4O3.CH4O3S/c1-32-23-14-22(30)26(13-17(23)15-31-32)36-25-9-4-16(11-21(25)29)12-24(34)20-3-2-10-33(27(20)35)19-7-5-18(28)6-8-19;1-5(2,3)4/h2-11,13-15H,12,30H2,1H3;1H3,(H,2,3,4). The summed E-state index contributed by atoms with van der Waals surface area (Å²) in [4.78, 5) is 25.8. The third-order valence-electron chi connectivity index (χ3n) is 5.81. The maximum absolute atomic E-state index is 14.8. The highest BCUT2D eigenvalue weighted by atomic mass is 32.2. The molecular weight excluding hydrogens is 558 g/mol. The zero-order chi connectivity index (χ0) is 29.9. The van der Waals surface area contributed by atoms with Crippen molar-refractivity contribution < 1.29 is 31.3 Å². The minimum Gasteiger partial charge on any atom is -0.452 e. The molecule has 5 aromatic rings. The third kappa shape index (κ3) is 7.21. The summed E-state index contributed by atoms with van der Waals surface area (Å²) in [7, 11) is -1.88. The first-order valence-electron chi connectivity index (χ1n) is 11.9. The average Bonchev–Trinajstić information content (AvgIpc) is 3.24. The van der Waals surface area contributed by atoms with E-state index < -0.39 is 33.1 Å². The van der Waals surface area contributed by atoms with E-state index in [1.54, 1.807) is 42.2 Å². The maximum atomic E-state index is 14.8. The third-order valence-corrected chi connectivity index (χ3v) is 5.81. The minimum atomic E-state index is -3.67. The molecule has 0 fully saturated rings. The van der Waals surface area contributed by atoms with Crippen LogP contribution in [0, 0.1) is 11.6 Å². The van der Waals surface area contributed by atoms with Gasteiger partial charge in [0.25, 0.3) is 15.7 Å². The summed E-state index contributed by atoms with van der Waals surface area (Å²) in [6.45, 7) is 0. The highest BCUT2D eigenvalue weighted by molar-refractivity contribution is 7.85. The second-order valence-electron chi connectivity index (χ2n) is 8.99. The Morgan fingerprint density at radius 1 is 1.05 bits per heavy atom. The number of ketones is 1. The van der Waals surface area contributed by atoms with E-state index in [1.807, 2.05) is 0 Å².